The fourth-order valence-corrected chi connectivity index (χ4v) is 2.40. The highest BCUT2D eigenvalue weighted by molar-refractivity contribution is 9.10. The zero-order valence-corrected chi connectivity index (χ0v) is 10.2. The maximum Gasteiger partial charge on any atom is 0.0646 e. The fourth-order valence-electron chi connectivity index (χ4n) is 2.03. The predicted molar refractivity (Wildman–Crippen MR) is 70.9 cm³/mol. The van der Waals surface area contributed by atoms with Crippen molar-refractivity contribution in [3.63, 3.8) is 0 Å². The van der Waals surface area contributed by atoms with Crippen LogP contribution < -0.4 is 0 Å². The average Bonchev–Trinajstić information content (AvgIpc) is 2.48. The molecular formula is C14H10BrN. The normalized spacial score (nSPS) is 12.8. The summed E-state index contributed by atoms with van der Waals surface area (Å²) in [5.74, 6) is 0. The fraction of sp³-hybridized carbons (Fsp3) is 0.0714. The second-order valence-electron chi connectivity index (χ2n) is 3.86. The van der Waals surface area contributed by atoms with E-state index in [1.165, 1.54) is 22.3 Å². The van der Waals surface area contributed by atoms with Gasteiger partial charge in [0.15, 0.2) is 0 Å². The first-order valence-corrected chi connectivity index (χ1v) is 6.01. The Hall–Kier alpha value is -1.41. The zero-order chi connectivity index (χ0) is 11.0. The second kappa shape index (κ2) is 3.87. The van der Waals surface area contributed by atoms with Crippen molar-refractivity contribution in [2.24, 2.45) is 4.99 Å². The molecule has 0 spiro atoms. The van der Waals surface area contributed by atoms with Gasteiger partial charge < -0.3 is 0 Å². The predicted octanol–water partition coefficient (Wildman–Crippen LogP) is 4.05. The third-order valence-electron chi connectivity index (χ3n) is 2.81. The molecule has 0 aliphatic carbocycles. The molecule has 0 atom stereocenters. The SMILES string of the molecule is Brc1ccc2c(c1)-c1ccccc1C=NC2. The Morgan fingerprint density at radius 2 is 1.88 bits per heavy atom. The van der Waals surface area contributed by atoms with Crippen LogP contribution in [-0.4, -0.2) is 6.21 Å². The number of hydrogen-bond donors (Lipinski definition) is 0. The van der Waals surface area contributed by atoms with Crippen LogP contribution in [0.1, 0.15) is 11.1 Å². The van der Waals surface area contributed by atoms with Crippen LogP contribution in [0.2, 0.25) is 0 Å². The van der Waals surface area contributed by atoms with E-state index in [0.29, 0.717) is 0 Å². The van der Waals surface area contributed by atoms with Crippen molar-refractivity contribution < 1.29 is 0 Å². The molecule has 3 rings (SSSR count). The van der Waals surface area contributed by atoms with Gasteiger partial charge in [0.1, 0.15) is 0 Å². The van der Waals surface area contributed by atoms with E-state index in [2.05, 4.69) is 57.3 Å². The lowest BCUT2D eigenvalue weighted by Crippen LogP contribution is -1.88. The summed E-state index contributed by atoms with van der Waals surface area (Å²) in [5.41, 5.74) is 5.02. The summed E-state index contributed by atoms with van der Waals surface area (Å²) in [5, 5.41) is 0. The molecule has 2 aromatic carbocycles. The van der Waals surface area contributed by atoms with Gasteiger partial charge in [-0.25, -0.2) is 0 Å². The van der Waals surface area contributed by atoms with E-state index in [9.17, 15) is 0 Å². The Bertz CT molecular complexity index is 573. The molecule has 1 aliphatic heterocycles. The third-order valence-corrected chi connectivity index (χ3v) is 3.31. The Labute approximate surface area is 103 Å². The highest BCUT2D eigenvalue weighted by Crippen LogP contribution is 2.31. The summed E-state index contributed by atoms with van der Waals surface area (Å²) < 4.78 is 1.11. The maximum atomic E-state index is 4.44. The lowest BCUT2D eigenvalue weighted by molar-refractivity contribution is 1.09. The lowest BCUT2D eigenvalue weighted by Gasteiger charge is -2.08. The first-order chi connectivity index (χ1) is 7.84. The van der Waals surface area contributed by atoms with Gasteiger partial charge >= 0.3 is 0 Å². The topological polar surface area (TPSA) is 12.4 Å². The maximum absolute atomic E-state index is 4.44. The molecule has 1 heterocycles. The number of rotatable bonds is 0. The van der Waals surface area contributed by atoms with E-state index < -0.39 is 0 Å². The lowest BCUT2D eigenvalue weighted by atomic mass is 9.97. The largest absolute Gasteiger partial charge is 0.288 e. The number of benzene rings is 2. The molecule has 0 saturated heterocycles. The minimum absolute atomic E-state index is 0.761. The summed E-state index contributed by atoms with van der Waals surface area (Å²) >= 11 is 3.53. The van der Waals surface area contributed by atoms with Crippen molar-refractivity contribution in [3.05, 3.63) is 58.1 Å². The smallest absolute Gasteiger partial charge is 0.0646 e. The number of aliphatic imine (C=N–C) groups is 1. The van der Waals surface area contributed by atoms with Crippen LogP contribution in [0.15, 0.2) is 51.9 Å². The van der Waals surface area contributed by atoms with Gasteiger partial charge in [0.25, 0.3) is 0 Å². The van der Waals surface area contributed by atoms with E-state index in [-0.39, 0.29) is 0 Å². The molecule has 2 aromatic rings. The Kier molecular flexibility index (Phi) is 2.37. The van der Waals surface area contributed by atoms with Crippen LogP contribution in [0.4, 0.5) is 0 Å². The molecular weight excluding hydrogens is 262 g/mol. The first kappa shape index (κ1) is 9.79. The van der Waals surface area contributed by atoms with E-state index in [1.807, 2.05) is 12.3 Å². The van der Waals surface area contributed by atoms with Gasteiger partial charge in [0.05, 0.1) is 6.54 Å². The van der Waals surface area contributed by atoms with E-state index in [4.69, 9.17) is 0 Å². The monoisotopic (exact) mass is 271 g/mol. The van der Waals surface area contributed by atoms with Crippen molar-refractivity contribution in [2.75, 3.05) is 0 Å². The van der Waals surface area contributed by atoms with E-state index >= 15 is 0 Å². The number of hydrogen-bond acceptors (Lipinski definition) is 1. The molecule has 0 saturated carbocycles. The summed E-state index contributed by atoms with van der Waals surface area (Å²) in [6, 6.07) is 14.8. The summed E-state index contributed by atoms with van der Waals surface area (Å²) in [6.45, 7) is 0.761. The van der Waals surface area contributed by atoms with Gasteiger partial charge in [-0.1, -0.05) is 46.3 Å². The van der Waals surface area contributed by atoms with Crippen LogP contribution in [0.5, 0.6) is 0 Å². The van der Waals surface area contributed by atoms with Crippen molar-refractivity contribution in [1.82, 2.24) is 0 Å². The standard InChI is InChI=1S/C14H10BrN/c15-12-6-5-11-9-16-8-10-3-1-2-4-13(10)14(11)7-12/h1-8H,9H2. The average molecular weight is 272 g/mol. The molecule has 1 nitrogen and oxygen atoms in total. The van der Waals surface area contributed by atoms with Gasteiger partial charge in [-0.3, -0.25) is 4.99 Å². The third kappa shape index (κ3) is 1.59. The minimum atomic E-state index is 0.761. The van der Waals surface area contributed by atoms with E-state index in [1.54, 1.807) is 0 Å². The number of fused-ring (bicyclic) bond motifs is 3. The Morgan fingerprint density at radius 3 is 2.81 bits per heavy atom. The highest BCUT2D eigenvalue weighted by atomic mass is 79.9. The quantitative estimate of drug-likeness (QED) is 0.686. The first-order valence-electron chi connectivity index (χ1n) is 5.22. The van der Waals surface area contributed by atoms with Gasteiger partial charge in [0, 0.05) is 16.3 Å². The summed E-state index contributed by atoms with van der Waals surface area (Å²) in [7, 11) is 0. The van der Waals surface area contributed by atoms with Gasteiger partial charge in [-0.15, -0.1) is 0 Å². The van der Waals surface area contributed by atoms with Crippen molar-refractivity contribution >= 4 is 22.1 Å². The summed E-state index contributed by atoms with van der Waals surface area (Å²) in [4.78, 5) is 4.44. The molecule has 0 fully saturated rings. The minimum Gasteiger partial charge on any atom is -0.288 e. The van der Waals surface area contributed by atoms with Crippen LogP contribution in [0.25, 0.3) is 11.1 Å². The molecule has 0 radical (unpaired) electrons. The molecule has 0 bridgehead atoms. The molecule has 2 heteroatoms. The van der Waals surface area contributed by atoms with Crippen molar-refractivity contribution in [1.29, 1.82) is 0 Å². The zero-order valence-electron chi connectivity index (χ0n) is 8.65. The van der Waals surface area contributed by atoms with Crippen molar-refractivity contribution in [2.45, 2.75) is 6.54 Å². The molecule has 16 heavy (non-hydrogen) atoms. The summed E-state index contributed by atoms with van der Waals surface area (Å²) in [6.07, 6.45) is 1.96. The van der Waals surface area contributed by atoms with E-state index in [0.717, 1.165) is 11.0 Å². The highest BCUT2D eigenvalue weighted by Gasteiger charge is 2.11. The van der Waals surface area contributed by atoms with Gasteiger partial charge in [0.2, 0.25) is 0 Å². The number of nitrogens with zero attached hydrogens (tertiary/aromatic N) is 1. The van der Waals surface area contributed by atoms with Crippen molar-refractivity contribution in [3.8, 4) is 11.1 Å². The van der Waals surface area contributed by atoms with Crippen LogP contribution in [0.3, 0.4) is 0 Å². The molecule has 0 amide bonds. The van der Waals surface area contributed by atoms with Crippen LogP contribution in [0, 0.1) is 0 Å². The van der Waals surface area contributed by atoms with Crippen LogP contribution >= 0.6 is 15.9 Å². The molecule has 0 aromatic heterocycles. The number of halogens is 1. The molecule has 0 unspecified atom stereocenters. The van der Waals surface area contributed by atoms with Crippen LogP contribution in [-0.2, 0) is 6.54 Å². The second-order valence-corrected chi connectivity index (χ2v) is 4.77. The Balaban J connectivity index is 2.32. The molecule has 1 aliphatic rings. The van der Waals surface area contributed by atoms with Gasteiger partial charge in [-0.05, 0) is 28.8 Å². The molecule has 78 valence electrons. The Morgan fingerprint density at radius 1 is 1.00 bits per heavy atom. The molecule has 0 N–H and O–H groups in total. The van der Waals surface area contributed by atoms with Gasteiger partial charge in [-0.2, -0.15) is 0 Å².